The van der Waals surface area contributed by atoms with E-state index in [9.17, 15) is 4.79 Å². The molecule has 2 aromatic carbocycles. The minimum Gasteiger partial charge on any atom is -0.497 e. The molecule has 5 nitrogen and oxygen atoms in total. The third-order valence-electron chi connectivity index (χ3n) is 5.01. The van der Waals surface area contributed by atoms with E-state index >= 15 is 0 Å². The van der Waals surface area contributed by atoms with Crippen molar-refractivity contribution in [1.29, 1.82) is 0 Å². The van der Waals surface area contributed by atoms with Crippen molar-refractivity contribution in [3.63, 3.8) is 0 Å². The maximum absolute atomic E-state index is 13.0. The van der Waals surface area contributed by atoms with Gasteiger partial charge in [0.15, 0.2) is 11.5 Å². The SMILES string of the molecule is CCCOc1ccc(C(=O)N2CCC(c3ccc(OC)cc3)C2)cc1OCC. The molecule has 1 amide bonds. The first-order chi connectivity index (χ1) is 13.7. The van der Waals surface area contributed by atoms with Gasteiger partial charge in [-0.2, -0.15) is 0 Å². The first kappa shape index (κ1) is 20.1. The van der Waals surface area contributed by atoms with Crippen molar-refractivity contribution in [1.82, 2.24) is 4.90 Å². The summed E-state index contributed by atoms with van der Waals surface area (Å²) in [6.07, 6.45) is 1.89. The average Bonchev–Trinajstić information content (AvgIpc) is 3.23. The highest BCUT2D eigenvalue weighted by Crippen LogP contribution is 2.32. The van der Waals surface area contributed by atoms with Gasteiger partial charge in [0, 0.05) is 24.6 Å². The molecule has 1 aliphatic rings. The van der Waals surface area contributed by atoms with Crippen LogP contribution in [-0.4, -0.2) is 44.2 Å². The molecule has 0 N–H and O–H groups in total. The van der Waals surface area contributed by atoms with Crippen molar-refractivity contribution in [2.45, 2.75) is 32.6 Å². The summed E-state index contributed by atoms with van der Waals surface area (Å²) in [4.78, 5) is 14.9. The van der Waals surface area contributed by atoms with Crippen molar-refractivity contribution in [3.8, 4) is 17.2 Å². The molecule has 0 radical (unpaired) electrons. The lowest BCUT2D eigenvalue weighted by Gasteiger charge is -2.18. The van der Waals surface area contributed by atoms with E-state index in [0.717, 1.165) is 31.7 Å². The Morgan fingerprint density at radius 1 is 1.07 bits per heavy atom. The van der Waals surface area contributed by atoms with Crippen molar-refractivity contribution in [2.75, 3.05) is 33.4 Å². The molecule has 0 aliphatic carbocycles. The maximum atomic E-state index is 13.0. The Balaban J connectivity index is 1.70. The predicted octanol–water partition coefficient (Wildman–Crippen LogP) is 4.51. The Bertz CT molecular complexity index is 788. The molecule has 28 heavy (non-hydrogen) atoms. The second-order valence-electron chi connectivity index (χ2n) is 6.95. The van der Waals surface area contributed by atoms with Crippen LogP contribution in [-0.2, 0) is 0 Å². The summed E-state index contributed by atoms with van der Waals surface area (Å²) in [6, 6.07) is 13.6. The van der Waals surface area contributed by atoms with Gasteiger partial charge in [-0.05, 0) is 55.7 Å². The minimum absolute atomic E-state index is 0.0407. The van der Waals surface area contributed by atoms with Crippen molar-refractivity contribution in [3.05, 3.63) is 53.6 Å². The normalized spacial score (nSPS) is 16.1. The number of rotatable bonds is 8. The molecule has 1 aliphatic heterocycles. The van der Waals surface area contributed by atoms with Crippen molar-refractivity contribution in [2.24, 2.45) is 0 Å². The lowest BCUT2D eigenvalue weighted by Crippen LogP contribution is -2.28. The highest BCUT2D eigenvalue weighted by atomic mass is 16.5. The van der Waals surface area contributed by atoms with Gasteiger partial charge in [0.25, 0.3) is 5.91 Å². The van der Waals surface area contributed by atoms with Gasteiger partial charge in [0.05, 0.1) is 20.3 Å². The quantitative estimate of drug-likeness (QED) is 0.673. The predicted molar refractivity (Wildman–Crippen MR) is 110 cm³/mol. The first-order valence-corrected chi connectivity index (χ1v) is 9.99. The molecule has 5 heteroatoms. The van der Waals surface area contributed by atoms with Crippen LogP contribution >= 0.6 is 0 Å². The highest BCUT2D eigenvalue weighted by molar-refractivity contribution is 5.95. The number of hydrogen-bond acceptors (Lipinski definition) is 4. The molecular formula is C23H29NO4. The van der Waals surface area contributed by atoms with E-state index in [2.05, 4.69) is 19.1 Å². The summed E-state index contributed by atoms with van der Waals surface area (Å²) in [5, 5.41) is 0. The topological polar surface area (TPSA) is 48.0 Å². The van der Waals surface area contributed by atoms with E-state index in [1.807, 2.05) is 36.1 Å². The van der Waals surface area contributed by atoms with E-state index in [1.165, 1.54) is 5.56 Å². The van der Waals surface area contributed by atoms with Gasteiger partial charge in [-0.15, -0.1) is 0 Å². The number of ether oxygens (including phenoxy) is 3. The third-order valence-corrected chi connectivity index (χ3v) is 5.01. The van der Waals surface area contributed by atoms with Gasteiger partial charge in [-0.1, -0.05) is 19.1 Å². The van der Waals surface area contributed by atoms with Crippen LogP contribution in [0.1, 0.15) is 48.5 Å². The summed E-state index contributed by atoms with van der Waals surface area (Å²) < 4.78 is 16.7. The minimum atomic E-state index is 0.0407. The molecule has 1 atom stereocenters. The number of hydrogen-bond donors (Lipinski definition) is 0. The molecule has 0 saturated carbocycles. The van der Waals surface area contributed by atoms with E-state index < -0.39 is 0 Å². The van der Waals surface area contributed by atoms with Crippen LogP contribution in [0.15, 0.2) is 42.5 Å². The fourth-order valence-corrected chi connectivity index (χ4v) is 3.52. The van der Waals surface area contributed by atoms with Gasteiger partial charge < -0.3 is 19.1 Å². The Kier molecular flexibility index (Phi) is 6.80. The van der Waals surface area contributed by atoms with E-state index in [4.69, 9.17) is 14.2 Å². The second-order valence-corrected chi connectivity index (χ2v) is 6.95. The summed E-state index contributed by atoms with van der Waals surface area (Å²) in [5.74, 6) is 2.57. The molecule has 0 bridgehead atoms. The van der Waals surface area contributed by atoms with E-state index in [-0.39, 0.29) is 5.91 Å². The summed E-state index contributed by atoms with van der Waals surface area (Å²) in [6.45, 7) is 6.63. The molecule has 1 unspecified atom stereocenters. The summed E-state index contributed by atoms with van der Waals surface area (Å²) >= 11 is 0. The lowest BCUT2D eigenvalue weighted by molar-refractivity contribution is 0.0790. The maximum Gasteiger partial charge on any atom is 0.254 e. The molecule has 1 fully saturated rings. The molecule has 1 heterocycles. The Hall–Kier alpha value is -2.69. The van der Waals surface area contributed by atoms with Gasteiger partial charge in [-0.3, -0.25) is 4.79 Å². The summed E-state index contributed by atoms with van der Waals surface area (Å²) in [7, 11) is 1.67. The van der Waals surface area contributed by atoms with E-state index in [0.29, 0.717) is 36.2 Å². The number of carbonyl (C=O) groups is 1. The molecule has 2 aromatic rings. The Morgan fingerprint density at radius 3 is 2.54 bits per heavy atom. The zero-order chi connectivity index (χ0) is 19.9. The third kappa shape index (κ3) is 4.58. The van der Waals surface area contributed by atoms with Crippen LogP contribution in [0.25, 0.3) is 0 Å². The fraction of sp³-hybridized carbons (Fsp3) is 0.435. The largest absolute Gasteiger partial charge is 0.497 e. The molecule has 3 rings (SSSR count). The highest BCUT2D eigenvalue weighted by Gasteiger charge is 2.28. The van der Waals surface area contributed by atoms with Crippen molar-refractivity contribution >= 4 is 5.91 Å². The van der Waals surface area contributed by atoms with Gasteiger partial charge in [0.2, 0.25) is 0 Å². The first-order valence-electron chi connectivity index (χ1n) is 9.99. The van der Waals surface area contributed by atoms with Crippen LogP contribution in [0.3, 0.4) is 0 Å². The van der Waals surface area contributed by atoms with Crippen molar-refractivity contribution < 1.29 is 19.0 Å². The lowest BCUT2D eigenvalue weighted by atomic mass is 9.98. The van der Waals surface area contributed by atoms with Crippen LogP contribution in [0, 0.1) is 0 Å². The summed E-state index contributed by atoms with van der Waals surface area (Å²) in [5.41, 5.74) is 1.89. The zero-order valence-electron chi connectivity index (χ0n) is 16.9. The molecule has 0 spiro atoms. The number of carbonyl (C=O) groups excluding carboxylic acids is 1. The van der Waals surface area contributed by atoms with Crippen LogP contribution in [0.4, 0.5) is 0 Å². The number of methoxy groups -OCH3 is 1. The molecule has 1 saturated heterocycles. The number of benzene rings is 2. The Morgan fingerprint density at radius 2 is 1.86 bits per heavy atom. The van der Waals surface area contributed by atoms with Gasteiger partial charge in [-0.25, -0.2) is 0 Å². The van der Waals surface area contributed by atoms with Gasteiger partial charge in [0.1, 0.15) is 5.75 Å². The molecule has 150 valence electrons. The monoisotopic (exact) mass is 383 g/mol. The Labute approximate surface area is 167 Å². The number of amides is 1. The molecule has 0 aromatic heterocycles. The standard InChI is InChI=1S/C23H29NO4/c1-4-14-28-21-11-8-18(15-22(21)27-5-2)23(25)24-13-12-19(16-24)17-6-9-20(26-3)10-7-17/h6-11,15,19H,4-5,12-14,16H2,1-3H3. The van der Waals surface area contributed by atoms with E-state index in [1.54, 1.807) is 13.2 Å². The van der Waals surface area contributed by atoms with Crippen LogP contribution in [0.5, 0.6) is 17.2 Å². The second kappa shape index (κ2) is 9.49. The number of nitrogens with zero attached hydrogens (tertiary/aromatic N) is 1. The molecular weight excluding hydrogens is 354 g/mol. The number of likely N-dealkylation sites (tertiary alicyclic amines) is 1. The van der Waals surface area contributed by atoms with Crippen LogP contribution in [0.2, 0.25) is 0 Å². The van der Waals surface area contributed by atoms with Crippen LogP contribution < -0.4 is 14.2 Å². The fourth-order valence-electron chi connectivity index (χ4n) is 3.52. The zero-order valence-corrected chi connectivity index (χ0v) is 16.9. The van der Waals surface area contributed by atoms with Gasteiger partial charge >= 0.3 is 0 Å². The average molecular weight is 383 g/mol. The smallest absolute Gasteiger partial charge is 0.254 e.